The van der Waals surface area contributed by atoms with Crippen molar-refractivity contribution in [1.29, 1.82) is 0 Å². The second kappa shape index (κ2) is 6.86. The van der Waals surface area contributed by atoms with Gasteiger partial charge in [-0.2, -0.15) is 0 Å². The number of ether oxygens (including phenoxy) is 2. The number of hydrogen-bond acceptors (Lipinski definition) is 8. The van der Waals surface area contributed by atoms with Crippen molar-refractivity contribution in [3.8, 4) is 11.5 Å². The molecule has 0 bridgehead atoms. The summed E-state index contributed by atoms with van der Waals surface area (Å²) in [5, 5.41) is 23.2. The number of nitro groups is 1. The van der Waals surface area contributed by atoms with Gasteiger partial charge in [0.15, 0.2) is 11.5 Å². The van der Waals surface area contributed by atoms with Crippen LogP contribution in [0.25, 0.3) is 6.08 Å². The van der Waals surface area contributed by atoms with Crippen LogP contribution in [0.5, 0.6) is 11.5 Å². The number of nitrogens with zero attached hydrogens (tertiary/aromatic N) is 2. The van der Waals surface area contributed by atoms with Crippen LogP contribution in [-0.2, 0) is 14.3 Å². The molecule has 0 radical (unpaired) electrons. The molecule has 0 aromatic heterocycles. The van der Waals surface area contributed by atoms with Crippen LogP contribution in [0.2, 0.25) is 0 Å². The van der Waals surface area contributed by atoms with Gasteiger partial charge in [-0.25, -0.2) is 9.69 Å². The van der Waals surface area contributed by atoms with Crippen molar-refractivity contribution >= 4 is 29.7 Å². The van der Waals surface area contributed by atoms with Crippen molar-refractivity contribution in [2.24, 2.45) is 0 Å². The van der Waals surface area contributed by atoms with Gasteiger partial charge in [0.2, 0.25) is 0 Å². The average molecular weight is 351 g/mol. The Morgan fingerprint density at radius 3 is 2.64 bits per heavy atom. The highest BCUT2D eigenvalue weighted by atomic mass is 16.6. The molecule has 0 atom stereocenters. The van der Waals surface area contributed by atoms with Crippen molar-refractivity contribution in [2.75, 3.05) is 20.8 Å². The fourth-order valence-electron chi connectivity index (χ4n) is 2.05. The van der Waals surface area contributed by atoms with E-state index in [0.29, 0.717) is 4.90 Å². The molecule has 1 aliphatic heterocycles. The lowest BCUT2D eigenvalue weighted by molar-refractivity contribution is -0.385. The molecule has 0 spiro atoms. The number of amides is 3. The van der Waals surface area contributed by atoms with E-state index in [4.69, 9.17) is 4.74 Å². The third-order valence-electron chi connectivity index (χ3n) is 3.30. The second-order valence-corrected chi connectivity index (χ2v) is 4.80. The summed E-state index contributed by atoms with van der Waals surface area (Å²) in [7, 11) is 2.31. The molecule has 11 nitrogen and oxygen atoms in total. The maximum atomic E-state index is 12.2. The van der Waals surface area contributed by atoms with E-state index in [1.165, 1.54) is 7.11 Å². The minimum Gasteiger partial charge on any atom is -0.504 e. The zero-order valence-corrected chi connectivity index (χ0v) is 13.1. The number of hydrogen-bond donors (Lipinski definition) is 2. The average Bonchev–Trinajstić information content (AvgIpc) is 2.83. The van der Waals surface area contributed by atoms with Crippen molar-refractivity contribution in [3.05, 3.63) is 33.5 Å². The van der Waals surface area contributed by atoms with Crippen LogP contribution in [0.1, 0.15) is 5.56 Å². The normalized spacial score (nSPS) is 15.3. The molecule has 132 valence electrons. The molecule has 0 saturated carbocycles. The number of imide groups is 1. The molecule has 1 fully saturated rings. The van der Waals surface area contributed by atoms with E-state index in [2.05, 4.69) is 10.1 Å². The summed E-state index contributed by atoms with van der Waals surface area (Å²) < 4.78 is 9.24. The molecule has 3 amide bonds. The first-order valence-electron chi connectivity index (χ1n) is 6.75. The summed E-state index contributed by atoms with van der Waals surface area (Å²) in [6, 6.07) is 1.15. The first-order valence-corrected chi connectivity index (χ1v) is 6.75. The number of rotatable bonds is 5. The van der Waals surface area contributed by atoms with Gasteiger partial charge in [0, 0.05) is 11.6 Å². The quantitative estimate of drug-likeness (QED) is 0.254. The number of phenolic OH excluding ortho intramolecular Hbond substituents is 1. The summed E-state index contributed by atoms with van der Waals surface area (Å²) in [6.07, 6.45) is 1.04. The molecule has 2 rings (SSSR count). The molecule has 0 aliphatic carbocycles. The van der Waals surface area contributed by atoms with E-state index in [0.717, 1.165) is 25.3 Å². The van der Waals surface area contributed by atoms with Gasteiger partial charge in [-0.1, -0.05) is 0 Å². The van der Waals surface area contributed by atoms with Crippen molar-refractivity contribution < 1.29 is 33.9 Å². The van der Waals surface area contributed by atoms with Gasteiger partial charge in [0.05, 0.1) is 25.2 Å². The predicted octanol–water partition coefficient (Wildman–Crippen LogP) is 0.375. The number of esters is 1. The minimum absolute atomic E-state index is 0.116. The zero-order valence-electron chi connectivity index (χ0n) is 13.1. The molecule has 2 N–H and O–H groups in total. The molecule has 1 heterocycles. The van der Waals surface area contributed by atoms with Crippen molar-refractivity contribution in [1.82, 2.24) is 10.2 Å². The van der Waals surface area contributed by atoms with E-state index in [-0.39, 0.29) is 22.7 Å². The number of non-ortho nitro benzene ring substituents is 1. The van der Waals surface area contributed by atoms with E-state index in [9.17, 15) is 29.6 Å². The lowest BCUT2D eigenvalue weighted by Crippen LogP contribution is -2.36. The molecular formula is C14H13N3O8. The Balaban J connectivity index is 2.42. The first kappa shape index (κ1) is 17.7. The van der Waals surface area contributed by atoms with E-state index in [1.54, 1.807) is 0 Å². The van der Waals surface area contributed by atoms with E-state index >= 15 is 0 Å². The van der Waals surface area contributed by atoms with Gasteiger partial charge >= 0.3 is 12.0 Å². The third-order valence-corrected chi connectivity index (χ3v) is 3.30. The Hall–Kier alpha value is -3.63. The largest absolute Gasteiger partial charge is 0.504 e. The SMILES string of the molecule is COC(=O)CN1C(=O)N/C(=C/c2cc([N+](=O)[O-])cc(OC)c2O)C1=O. The van der Waals surface area contributed by atoms with Crippen LogP contribution in [-0.4, -0.2) is 53.6 Å². The van der Waals surface area contributed by atoms with Crippen LogP contribution >= 0.6 is 0 Å². The number of nitrogens with one attached hydrogen (secondary N) is 1. The highest BCUT2D eigenvalue weighted by molar-refractivity contribution is 6.15. The molecular weight excluding hydrogens is 338 g/mol. The highest BCUT2D eigenvalue weighted by Gasteiger charge is 2.35. The standard InChI is InChI=1S/C14H13N3O8/c1-24-10-5-8(17(22)23)3-7(12(10)19)4-9-13(20)16(14(21)15-9)6-11(18)25-2/h3-5,19H,6H2,1-2H3,(H,15,21)/b9-4+. The number of urea groups is 1. The molecule has 1 saturated heterocycles. The van der Waals surface area contributed by atoms with Crippen LogP contribution in [0, 0.1) is 10.1 Å². The summed E-state index contributed by atoms with van der Waals surface area (Å²) in [5.41, 5.74) is -0.772. The molecule has 1 aromatic carbocycles. The molecule has 25 heavy (non-hydrogen) atoms. The molecule has 0 unspecified atom stereocenters. The van der Waals surface area contributed by atoms with Gasteiger partial charge in [0.1, 0.15) is 12.2 Å². The summed E-state index contributed by atoms with van der Waals surface area (Å²) in [5.74, 6) is -2.27. The van der Waals surface area contributed by atoms with Crippen molar-refractivity contribution in [2.45, 2.75) is 0 Å². The summed E-state index contributed by atoms with van der Waals surface area (Å²) in [6.45, 7) is -0.594. The Morgan fingerprint density at radius 2 is 2.08 bits per heavy atom. The molecule has 1 aliphatic rings. The first-order chi connectivity index (χ1) is 11.8. The Bertz CT molecular complexity index is 802. The van der Waals surface area contributed by atoms with E-state index < -0.39 is 35.1 Å². The fourth-order valence-corrected chi connectivity index (χ4v) is 2.05. The number of nitro benzene ring substituents is 1. The third kappa shape index (κ3) is 3.49. The number of benzene rings is 1. The van der Waals surface area contributed by atoms with E-state index in [1.807, 2.05) is 0 Å². The van der Waals surface area contributed by atoms with Crippen LogP contribution in [0.3, 0.4) is 0 Å². The maximum Gasteiger partial charge on any atom is 0.329 e. The van der Waals surface area contributed by atoms with Gasteiger partial charge in [-0.15, -0.1) is 0 Å². The number of phenols is 1. The molecule has 11 heteroatoms. The van der Waals surface area contributed by atoms with Crippen LogP contribution in [0.4, 0.5) is 10.5 Å². The Kier molecular flexibility index (Phi) is 4.86. The monoisotopic (exact) mass is 351 g/mol. The molecule has 1 aromatic rings. The minimum atomic E-state index is -0.862. The van der Waals surface area contributed by atoms with Crippen LogP contribution in [0.15, 0.2) is 17.8 Å². The van der Waals surface area contributed by atoms with Gasteiger partial charge < -0.3 is 19.9 Å². The maximum absolute atomic E-state index is 12.2. The summed E-state index contributed by atoms with van der Waals surface area (Å²) >= 11 is 0. The number of carbonyl (C=O) groups excluding carboxylic acids is 3. The van der Waals surface area contributed by atoms with Crippen LogP contribution < -0.4 is 10.1 Å². The van der Waals surface area contributed by atoms with Gasteiger partial charge in [-0.05, 0) is 6.08 Å². The lowest BCUT2D eigenvalue weighted by atomic mass is 10.1. The van der Waals surface area contributed by atoms with Gasteiger partial charge in [-0.3, -0.25) is 19.7 Å². The number of aromatic hydroxyl groups is 1. The Morgan fingerprint density at radius 1 is 1.40 bits per heavy atom. The number of carbonyl (C=O) groups is 3. The smallest absolute Gasteiger partial charge is 0.329 e. The Labute approximate surface area is 140 Å². The number of methoxy groups -OCH3 is 2. The predicted molar refractivity (Wildman–Crippen MR) is 81.6 cm³/mol. The highest BCUT2D eigenvalue weighted by Crippen LogP contribution is 2.36. The fraction of sp³-hybridized carbons (Fsp3) is 0.214. The summed E-state index contributed by atoms with van der Waals surface area (Å²) in [4.78, 5) is 46.0. The zero-order chi connectivity index (χ0) is 18.7. The second-order valence-electron chi connectivity index (χ2n) is 4.80. The van der Waals surface area contributed by atoms with Crippen molar-refractivity contribution in [3.63, 3.8) is 0 Å². The van der Waals surface area contributed by atoms with Gasteiger partial charge in [0.25, 0.3) is 11.6 Å². The topological polar surface area (TPSA) is 148 Å². The lowest BCUT2D eigenvalue weighted by Gasteiger charge is -2.09.